The van der Waals surface area contributed by atoms with Crippen LogP contribution in [0.4, 0.5) is 0 Å². The predicted octanol–water partition coefficient (Wildman–Crippen LogP) is 1.52. The first kappa shape index (κ1) is 15.2. The molecule has 19 heavy (non-hydrogen) atoms. The molecule has 1 rings (SSSR count). The van der Waals surface area contributed by atoms with Crippen molar-refractivity contribution in [3.63, 3.8) is 0 Å². The number of hydrogen-bond donors (Lipinski definition) is 2. The smallest absolute Gasteiger partial charge is 0.305 e. The van der Waals surface area contributed by atoms with Crippen molar-refractivity contribution in [2.75, 3.05) is 19.8 Å². The molecule has 0 unspecified atom stereocenters. The van der Waals surface area contributed by atoms with E-state index in [1.165, 1.54) is 0 Å². The van der Waals surface area contributed by atoms with Crippen LogP contribution < -0.4 is 5.32 Å². The molecule has 0 bridgehead atoms. The molecule has 0 saturated carbocycles. The molecule has 5 heteroatoms. The Kier molecular flexibility index (Phi) is 6.02. The summed E-state index contributed by atoms with van der Waals surface area (Å²) in [5.41, 5.74) is 2.72. The highest BCUT2D eigenvalue weighted by molar-refractivity contribution is 5.94. The lowest BCUT2D eigenvalue weighted by Crippen LogP contribution is -2.27. The molecule has 0 heterocycles. The van der Waals surface area contributed by atoms with E-state index in [0.29, 0.717) is 18.7 Å². The van der Waals surface area contributed by atoms with E-state index in [1.54, 1.807) is 0 Å². The van der Waals surface area contributed by atoms with Crippen molar-refractivity contribution in [1.29, 1.82) is 0 Å². The van der Waals surface area contributed by atoms with Gasteiger partial charge in [-0.3, -0.25) is 9.59 Å². The Bertz CT molecular complexity index is 437. The van der Waals surface area contributed by atoms with Crippen LogP contribution in [-0.2, 0) is 9.53 Å². The fourth-order valence-electron chi connectivity index (χ4n) is 1.71. The third kappa shape index (κ3) is 6.01. The topological polar surface area (TPSA) is 75.6 Å². The van der Waals surface area contributed by atoms with Gasteiger partial charge in [0, 0.05) is 12.1 Å². The number of carboxylic acids is 1. The third-order valence-corrected chi connectivity index (χ3v) is 2.48. The molecule has 1 aromatic rings. The summed E-state index contributed by atoms with van der Waals surface area (Å²) in [4.78, 5) is 22.1. The van der Waals surface area contributed by atoms with Gasteiger partial charge < -0.3 is 15.2 Å². The second-order valence-corrected chi connectivity index (χ2v) is 4.39. The summed E-state index contributed by atoms with van der Waals surface area (Å²) in [5.74, 6) is -1.03. The molecule has 0 spiro atoms. The number of aryl methyl sites for hydroxylation is 2. The minimum atomic E-state index is -0.890. The zero-order valence-electron chi connectivity index (χ0n) is 11.2. The summed E-state index contributed by atoms with van der Waals surface area (Å²) in [5, 5.41) is 11.1. The molecule has 0 radical (unpaired) electrons. The molecule has 0 aliphatic carbocycles. The predicted molar refractivity (Wildman–Crippen MR) is 71.3 cm³/mol. The first-order valence-electron chi connectivity index (χ1n) is 6.15. The minimum Gasteiger partial charge on any atom is -0.481 e. The number of aliphatic carboxylic acids is 1. The molecular formula is C14H19NO4. The van der Waals surface area contributed by atoms with Crippen molar-refractivity contribution >= 4 is 11.9 Å². The van der Waals surface area contributed by atoms with Gasteiger partial charge in [0.1, 0.15) is 0 Å². The van der Waals surface area contributed by atoms with Gasteiger partial charge in [-0.2, -0.15) is 0 Å². The molecule has 1 aromatic carbocycles. The Balaban J connectivity index is 2.29. The number of carbonyl (C=O) groups excluding carboxylic acids is 1. The summed E-state index contributed by atoms with van der Waals surface area (Å²) in [6.45, 7) is 4.72. The number of amides is 1. The molecule has 0 fully saturated rings. The monoisotopic (exact) mass is 265 g/mol. The molecular weight excluding hydrogens is 246 g/mol. The standard InChI is InChI=1S/C14H19NO4/c1-10-7-11(2)9-12(8-10)14(18)15-4-6-19-5-3-13(16)17/h7-9H,3-6H2,1-2H3,(H,15,18)(H,16,17). The minimum absolute atomic E-state index is 0.0228. The van der Waals surface area contributed by atoms with Crippen molar-refractivity contribution < 1.29 is 19.4 Å². The Labute approximate surface area is 112 Å². The largest absolute Gasteiger partial charge is 0.481 e. The van der Waals surface area contributed by atoms with Gasteiger partial charge in [-0.25, -0.2) is 0 Å². The van der Waals surface area contributed by atoms with Gasteiger partial charge in [-0.05, 0) is 26.0 Å². The van der Waals surface area contributed by atoms with Gasteiger partial charge in [-0.15, -0.1) is 0 Å². The Morgan fingerprint density at radius 3 is 2.37 bits per heavy atom. The van der Waals surface area contributed by atoms with E-state index in [2.05, 4.69) is 5.32 Å². The number of carboxylic acid groups (broad SMARTS) is 1. The van der Waals surface area contributed by atoms with E-state index < -0.39 is 5.97 Å². The highest BCUT2D eigenvalue weighted by Gasteiger charge is 2.05. The summed E-state index contributed by atoms with van der Waals surface area (Å²) in [6.07, 6.45) is -0.0228. The van der Waals surface area contributed by atoms with E-state index >= 15 is 0 Å². The van der Waals surface area contributed by atoms with E-state index in [4.69, 9.17) is 9.84 Å². The average molecular weight is 265 g/mol. The van der Waals surface area contributed by atoms with E-state index in [0.717, 1.165) is 11.1 Å². The van der Waals surface area contributed by atoms with Gasteiger partial charge in [0.05, 0.1) is 19.6 Å². The van der Waals surface area contributed by atoms with Crippen molar-refractivity contribution in [3.05, 3.63) is 34.9 Å². The highest BCUT2D eigenvalue weighted by Crippen LogP contribution is 2.08. The van der Waals surface area contributed by atoms with Gasteiger partial charge in [0.2, 0.25) is 0 Å². The first-order chi connectivity index (χ1) is 8.99. The van der Waals surface area contributed by atoms with Crippen molar-refractivity contribution in [2.24, 2.45) is 0 Å². The SMILES string of the molecule is Cc1cc(C)cc(C(=O)NCCOCCC(=O)O)c1. The molecule has 5 nitrogen and oxygen atoms in total. The van der Waals surface area contributed by atoms with Gasteiger partial charge in [0.25, 0.3) is 5.91 Å². The molecule has 1 amide bonds. The van der Waals surface area contributed by atoms with Gasteiger partial charge in [-0.1, -0.05) is 17.2 Å². The molecule has 0 atom stereocenters. The van der Waals surface area contributed by atoms with Crippen molar-refractivity contribution in [2.45, 2.75) is 20.3 Å². The number of rotatable bonds is 7. The lowest BCUT2D eigenvalue weighted by atomic mass is 10.1. The normalized spacial score (nSPS) is 10.2. The van der Waals surface area contributed by atoms with Crippen LogP contribution in [0.3, 0.4) is 0 Å². The summed E-state index contributed by atoms with van der Waals surface area (Å²) >= 11 is 0. The van der Waals surface area contributed by atoms with Crippen molar-refractivity contribution in [3.8, 4) is 0 Å². The zero-order chi connectivity index (χ0) is 14.3. The van der Waals surface area contributed by atoms with E-state index in [9.17, 15) is 9.59 Å². The van der Waals surface area contributed by atoms with Crippen LogP contribution in [-0.4, -0.2) is 36.7 Å². The number of carbonyl (C=O) groups is 2. The van der Waals surface area contributed by atoms with Crippen LogP contribution in [0.2, 0.25) is 0 Å². The summed E-state index contributed by atoms with van der Waals surface area (Å²) < 4.78 is 5.08. The molecule has 0 aliphatic heterocycles. The van der Waals surface area contributed by atoms with Crippen LogP contribution in [0.15, 0.2) is 18.2 Å². The van der Waals surface area contributed by atoms with Crippen molar-refractivity contribution in [1.82, 2.24) is 5.32 Å². The maximum Gasteiger partial charge on any atom is 0.305 e. The number of nitrogens with one attached hydrogen (secondary N) is 1. The van der Waals surface area contributed by atoms with E-state index in [1.807, 2.05) is 32.0 Å². The maximum atomic E-state index is 11.8. The number of benzene rings is 1. The van der Waals surface area contributed by atoms with Crippen LogP contribution in [0.1, 0.15) is 27.9 Å². The third-order valence-electron chi connectivity index (χ3n) is 2.48. The quantitative estimate of drug-likeness (QED) is 0.733. The molecule has 2 N–H and O–H groups in total. The summed E-state index contributed by atoms with van der Waals surface area (Å²) in [6, 6.07) is 5.66. The lowest BCUT2D eigenvalue weighted by molar-refractivity contribution is -0.138. The molecule has 104 valence electrons. The number of ether oxygens (including phenoxy) is 1. The average Bonchev–Trinajstić information content (AvgIpc) is 2.31. The highest BCUT2D eigenvalue weighted by atomic mass is 16.5. The lowest BCUT2D eigenvalue weighted by Gasteiger charge is -2.07. The molecule has 0 aromatic heterocycles. The molecule has 0 aliphatic rings. The van der Waals surface area contributed by atoms with Gasteiger partial charge >= 0.3 is 5.97 Å². The second-order valence-electron chi connectivity index (χ2n) is 4.39. The van der Waals surface area contributed by atoms with Crippen LogP contribution in [0, 0.1) is 13.8 Å². The fourth-order valence-corrected chi connectivity index (χ4v) is 1.71. The zero-order valence-corrected chi connectivity index (χ0v) is 11.2. The maximum absolute atomic E-state index is 11.8. The first-order valence-corrected chi connectivity index (χ1v) is 6.15. The molecule has 0 saturated heterocycles. The van der Waals surface area contributed by atoms with Crippen LogP contribution in [0.5, 0.6) is 0 Å². The number of hydrogen-bond acceptors (Lipinski definition) is 3. The fraction of sp³-hybridized carbons (Fsp3) is 0.429. The van der Waals surface area contributed by atoms with E-state index in [-0.39, 0.29) is 18.9 Å². The van der Waals surface area contributed by atoms with Crippen LogP contribution in [0.25, 0.3) is 0 Å². The van der Waals surface area contributed by atoms with Crippen LogP contribution >= 0.6 is 0 Å². The Hall–Kier alpha value is -1.88. The Morgan fingerprint density at radius 2 is 1.79 bits per heavy atom. The summed E-state index contributed by atoms with van der Waals surface area (Å²) in [7, 11) is 0. The second kappa shape index (κ2) is 7.53. The van der Waals surface area contributed by atoms with Gasteiger partial charge in [0.15, 0.2) is 0 Å². The Morgan fingerprint density at radius 1 is 1.16 bits per heavy atom.